The summed E-state index contributed by atoms with van der Waals surface area (Å²) in [4.78, 5) is 14.9. The fourth-order valence-electron chi connectivity index (χ4n) is 4.11. The van der Waals surface area contributed by atoms with Crippen molar-refractivity contribution in [3.05, 3.63) is 29.3 Å². The molecule has 5 heteroatoms. The number of piperidine rings is 2. The molecule has 3 rings (SSSR count). The molecular formula is C18H26ClN3O. The van der Waals surface area contributed by atoms with Gasteiger partial charge in [-0.1, -0.05) is 24.9 Å². The third-order valence-corrected chi connectivity index (χ3v) is 5.30. The highest BCUT2D eigenvalue weighted by Gasteiger charge is 2.37. The Balaban J connectivity index is 1.54. The molecule has 0 aromatic heterocycles. The van der Waals surface area contributed by atoms with Crippen molar-refractivity contribution in [2.75, 3.05) is 11.9 Å². The first kappa shape index (κ1) is 16.6. The van der Waals surface area contributed by atoms with E-state index in [0.29, 0.717) is 17.1 Å². The van der Waals surface area contributed by atoms with E-state index in [1.807, 2.05) is 12.1 Å². The molecular weight excluding hydrogens is 310 g/mol. The van der Waals surface area contributed by atoms with Gasteiger partial charge in [0.25, 0.3) is 0 Å². The molecule has 2 heterocycles. The Labute approximate surface area is 143 Å². The largest absolute Gasteiger partial charge is 0.335 e. The van der Waals surface area contributed by atoms with Gasteiger partial charge >= 0.3 is 6.03 Å². The number of hydrogen-bond donors (Lipinski definition) is 2. The number of amides is 2. The Bertz CT molecular complexity index is 520. The van der Waals surface area contributed by atoms with Gasteiger partial charge in [0.05, 0.1) is 0 Å². The maximum atomic E-state index is 12.2. The summed E-state index contributed by atoms with van der Waals surface area (Å²) in [5.41, 5.74) is 0.774. The minimum absolute atomic E-state index is 0.112. The van der Waals surface area contributed by atoms with Crippen LogP contribution in [-0.2, 0) is 0 Å². The van der Waals surface area contributed by atoms with E-state index in [1.54, 1.807) is 12.1 Å². The zero-order valence-corrected chi connectivity index (χ0v) is 14.5. The van der Waals surface area contributed by atoms with Gasteiger partial charge in [0.1, 0.15) is 0 Å². The van der Waals surface area contributed by atoms with Gasteiger partial charge in [0.2, 0.25) is 0 Å². The lowest BCUT2D eigenvalue weighted by Crippen LogP contribution is -2.57. The Morgan fingerprint density at radius 2 is 1.87 bits per heavy atom. The molecule has 2 bridgehead atoms. The standard InChI is InChI=1S/C18H26ClN3O/c1-2-10-22-16-4-3-5-17(22)12-15(11-16)21-18(23)20-14-8-6-13(19)7-9-14/h6-9,15-17H,2-5,10-12H2,1H3,(H2,20,21,23)/t15?,16-,17+. The number of benzene rings is 1. The lowest BCUT2D eigenvalue weighted by atomic mass is 9.81. The fourth-order valence-corrected chi connectivity index (χ4v) is 4.23. The van der Waals surface area contributed by atoms with Gasteiger partial charge in [-0.15, -0.1) is 0 Å². The van der Waals surface area contributed by atoms with E-state index in [9.17, 15) is 4.79 Å². The minimum atomic E-state index is -0.112. The van der Waals surface area contributed by atoms with Crippen LogP contribution in [0.25, 0.3) is 0 Å². The smallest absolute Gasteiger partial charge is 0.319 e. The normalized spacial score (nSPS) is 27.5. The van der Waals surface area contributed by atoms with Gasteiger partial charge in [0, 0.05) is 28.8 Å². The van der Waals surface area contributed by atoms with Crippen molar-refractivity contribution in [2.24, 2.45) is 0 Å². The van der Waals surface area contributed by atoms with Crippen LogP contribution in [-0.4, -0.2) is 35.6 Å². The van der Waals surface area contributed by atoms with E-state index < -0.39 is 0 Å². The Morgan fingerprint density at radius 1 is 1.22 bits per heavy atom. The van der Waals surface area contributed by atoms with Crippen LogP contribution in [0.2, 0.25) is 5.02 Å². The molecule has 1 aromatic rings. The minimum Gasteiger partial charge on any atom is -0.335 e. The molecule has 2 amide bonds. The molecule has 1 unspecified atom stereocenters. The van der Waals surface area contributed by atoms with E-state index in [-0.39, 0.29) is 12.1 Å². The Hall–Kier alpha value is -1.26. The summed E-state index contributed by atoms with van der Waals surface area (Å²) in [6.07, 6.45) is 7.23. The van der Waals surface area contributed by atoms with Crippen LogP contribution in [0.3, 0.4) is 0 Å². The number of rotatable bonds is 4. The lowest BCUT2D eigenvalue weighted by molar-refractivity contribution is 0.0272. The van der Waals surface area contributed by atoms with E-state index >= 15 is 0 Å². The molecule has 2 aliphatic heterocycles. The zero-order chi connectivity index (χ0) is 16.2. The first-order valence-electron chi connectivity index (χ1n) is 8.74. The lowest BCUT2D eigenvalue weighted by Gasteiger charge is -2.49. The van der Waals surface area contributed by atoms with E-state index in [1.165, 1.54) is 32.2 Å². The van der Waals surface area contributed by atoms with Crippen LogP contribution in [0.1, 0.15) is 45.4 Å². The molecule has 2 fully saturated rings. The van der Waals surface area contributed by atoms with E-state index in [4.69, 9.17) is 11.6 Å². The van der Waals surface area contributed by atoms with Crippen LogP contribution in [0.4, 0.5) is 10.5 Å². The first-order chi connectivity index (χ1) is 11.2. The summed E-state index contributed by atoms with van der Waals surface area (Å²) in [7, 11) is 0. The molecule has 23 heavy (non-hydrogen) atoms. The van der Waals surface area contributed by atoms with Crippen molar-refractivity contribution >= 4 is 23.3 Å². The van der Waals surface area contributed by atoms with Crippen LogP contribution in [0, 0.1) is 0 Å². The number of hydrogen-bond acceptors (Lipinski definition) is 2. The van der Waals surface area contributed by atoms with Gasteiger partial charge in [-0.25, -0.2) is 4.79 Å². The second-order valence-corrected chi connectivity index (χ2v) is 7.19. The number of carbonyl (C=O) groups is 1. The average molecular weight is 336 g/mol. The zero-order valence-electron chi connectivity index (χ0n) is 13.7. The number of urea groups is 1. The number of nitrogens with zero attached hydrogens (tertiary/aromatic N) is 1. The van der Waals surface area contributed by atoms with Gasteiger partial charge in [-0.05, 0) is 62.9 Å². The predicted molar refractivity (Wildman–Crippen MR) is 95.1 cm³/mol. The van der Waals surface area contributed by atoms with Crippen LogP contribution < -0.4 is 10.6 Å². The molecule has 2 N–H and O–H groups in total. The van der Waals surface area contributed by atoms with E-state index in [0.717, 1.165) is 18.5 Å². The monoisotopic (exact) mass is 335 g/mol. The second-order valence-electron chi connectivity index (χ2n) is 6.75. The summed E-state index contributed by atoms with van der Waals surface area (Å²) >= 11 is 5.86. The summed E-state index contributed by atoms with van der Waals surface area (Å²) < 4.78 is 0. The highest BCUT2D eigenvalue weighted by Crippen LogP contribution is 2.34. The molecule has 3 atom stereocenters. The fraction of sp³-hybridized carbons (Fsp3) is 0.611. The number of nitrogens with one attached hydrogen (secondary N) is 2. The highest BCUT2D eigenvalue weighted by molar-refractivity contribution is 6.30. The SMILES string of the molecule is CCCN1[C@@H]2CCC[C@H]1CC(NC(=O)Nc1ccc(Cl)cc1)C2. The average Bonchev–Trinajstić information content (AvgIpc) is 2.50. The number of halogens is 1. The first-order valence-corrected chi connectivity index (χ1v) is 9.12. The van der Waals surface area contributed by atoms with Crippen LogP contribution >= 0.6 is 11.6 Å². The maximum absolute atomic E-state index is 12.2. The van der Waals surface area contributed by atoms with Gasteiger partial charge < -0.3 is 10.6 Å². The van der Waals surface area contributed by atoms with Gasteiger partial charge in [-0.3, -0.25) is 4.90 Å². The maximum Gasteiger partial charge on any atom is 0.319 e. The Morgan fingerprint density at radius 3 is 2.48 bits per heavy atom. The van der Waals surface area contributed by atoms with Crippen molar-refractivity contribution in [3.8, 4) is 0 Å². The summed E-state index contributed by atoms with van der Waals surface area (Å²) in [6.45, 7) is 3.44. The molecule has 126 valence electrons. The molecule has 2 saturated heterocycles. The van der Waals surface area contributed by atoms with Gasteiger partial charge in [0.15, 0.2) is 0 Å². The van der Waals surface area contributed by atoms with Crippen molar-refractivity contribution in [3.63, 3.8) is 0 Å². The van der Waals surface area contributed by atoms with Crippen molar-refractivity contribution in [1.82, 2.24) is 10.2 Å². The Kier molecular flexibility index (Phi) is 5.44. The molecule has 0 saturated carbocycles. The number of fused-ring (bicyclic) bond motifs is 2. The van der Waals surface area contributed by atoms with Crippen molar-refractivity contribution in [1.29, 1.82) is 0 Å². The van der Waals surface area contributed by atoms with Crippen LogP contribution in [0.5, 0.6) is 0 Å². The predicted octanol–water partition coefficient (Wildman–Crippen LogP) is 4.26. The molecule has 4 nitrogen and oxygen atoms in total. The molecule has 0 radical (unpaired) electrons. The molecule has 2 aliphatic rings. The highest BCUT2D eigenvalue weighted by atomic mass is 35.5. The molecule has 0 spiro atoms. The molecule has 0 aliphatic carbocycles. The number of anilines is 1. The van der Waals surface area contributed by atoms with E-state index in [2.05, 4.69) is 22.5 Å². The summed E-state index contributed by atoms with van der Waals surface area (Å²) in [6, 6.07) is 8.66. The topological polar surface area (TPSA) is 44.4 Å². The third kappa shape index (κ3) is 4.18. The third-order valence-electron chi connectivity index (χ3n) is 5.05. The van der Waals surface area contributed by atoms with Crippen molar-refractivity contribution in [2.45, 2.75) is 63.6 Å². The summed E-state index contributed by atoms with van der Waals surface area (Å²) in [5.74, 6) is 0. The van der Waals surface area contributed by atoms with Crippen LogP contribution in [0.15, 0.2) is 24.3 Å². The number of carbonyl (C=O) groups excluding carboxylic acids is 1. The quantitative estimate of drug-likeness (QED) is 0.863. The second kappa shape index (κ2) is 7.54. The summed E-state index contributed by atoms with van der Waals surface area (Å²) in [5, 5.41) is 6.73. The van der Waals surface area contributed by atoms with Gasteiger partial charge in [-0.2, -0.15) is 0 Å². The molecule has 1 aromatic carbocycles. The van der Waals surface area contributed by atoms with Crippen molar-refractivity contribution < 1.29 is 4.79 Å².